The standard InChI is InChI=1S/C16H15N5OS/c1-3-13-17-15(22-20-13)9-23-16-19-18-14-8-10(2)11-6-4-5-7-12(11)21(14)16/h4-8H,3,9H2,1-2H3. The fraction of sp³-hybridized carbons (Fsp3) is 0.250. The minimum atomic E-state index is 0.579. The van der Waals surface area contributed by atoms with Gasteiger partial charge in [0.15, 0.2) is 16.6 Å². The topological polar surface area (TPSA) is 69.1 Å². The summed E-state index contributed by atoms with van der Waals surface area (Å²) in [7, 11) is 0. The zero-order chi connectivity index (χ0) is 15.8. The Balaban J connectivity index is 1.74. The van der Waals surface area contributed by atoms with E-state index >= 15 is 0 Å². The molecule has 0 amide bonds. The van der Waals surface area contributed by atoms with Gasteiger partial charge in [0.2, 0.25) is 5.89 Å². The normalized spacial score (nSPS) is 11.6. The largest absolute Gasteiger partial charge is 0.338 e. The molecule has 7 heteroatoms. The number of hydrogen-bond acceptors (Lipinski definition) is 6. The van der Waals surface area contributed by atoms with Crippen molar-refractivity contribution in [3.05, 3.63) is 47.6 Å². The molecule has 0 saturated heterocycles. The lowest BCUT2D eigenvalue weighted by atomic mass is 10.1. The average molecular weight is 325 g/mol. The van der Waals surface area contributed by atoms with Crippen LogP contribution in [0.2, 0.25) is 0 Å². The maximum absolute atomic E-state index is 5.23. The zero-order valence-electron chi connectivity index (χ0n) is 12.9. The molecule has 0 aliphatic rings. The summed E-state index contributed by atoms with van der Waals surface area (Å²) in [5, 5.41) is 14.5. The van der Waals surface area contributed by atoms with Crippen molar-refractivity contribution in [2.45, 2.75) is 31.2 Å². The van der Waals surface area contributed by atoms with E-state index in [4.69, 9.17) is 4.52 Å². The van der Waals surface area contributed by atoms with Crippen molar-refractivity contribution in [2.24, 2.45) is 0 Å². The first kappa shape index (κ1) is 14.2. The lowest BCUT2D eigenvalue weighted by molar-refractivity contribution is 0.385. The molecule has 3 aromatic heterocycles. The van der Waals surface area contributed by atoms with Crippen molar-refractivity contribution in [3.63, 3.8) is 0 Å². The molecule has 3 heterocycles. The monoisotopic (exact) mass is 325 g/mol. The number of nitrogens with zero attached hydrogens (tertiary/aromatic N) is 5. The van der Waals surface area contributed by atoms with Crippen LogP contribution in [0.3, 0.4) is 0 Å². The van der Waals surface area contributed by atoms with E-state index in [0.29, 0.717) is 11.6 Å². The van der Waals surface area contributed by atoms with Gasteiger partial charge in [0.05, 0.1) is 11.3 Å². The number of benzene rings is 1. The van der Waals surface area contributed by atoms with Crippen LogP contribution in [0.4, 0.5) is 0 Å². The molecule has 0 radical (unpaired) electrons. The predicted molar refractivity (Wildman–Crippen MR) is 88.5 cm³/mol. The lowest BCUT2D eigenvalue weighted by Crippen LogP contribution is -1.93. The van der Waals surface area contributed by atoms with Gasteiger partial charge in [-0.15, -0.1) is 10.2 Å². The molecule has 4 rings (SSSR count). The smallest absolute Gasteiger partial charge is 0.237 e. The summed E-state index contributed by atoms with van der Waals surface area (Å²) in [6.07, 6.45) is 0.770. The Hall–Kier alpha value is -2.41. The zero-order valence-corrected chi connectivity index (χ0v) is 13.7. The number of para-hydroxylation sites is 1. The van der Waals surface area contributed by atoms with Crippen LogP contribution in [0.25, 0.3) is 16.6 Å². The van der Waals surface area contributed by atoms with Gasteiger partial charge in [-0.25, -0.2) is 0 Å². The van der Waals surface area contributed by atoms with Gasteiger partial charge in [-0.2, -0.15) is 4.98 Å². The van der Waals surface area contributed by atoms with E-state index in [9.17, 15) is 0 Å². The molecule has 23 heavy (non-hydrogen) atoms. The number of aryl methyl sites for hydroxylation is 2. The highest BCUT2D eigenvalue weighted by molar-refractivity contribution is 7.98. The Morgan fingerprint density at radius 2 is 2.09 bits per heavy atom. The molecule has 116 valence electrons. The molecule has 4 aromatic rings. The second kappa shape index (κ2) is 5.66. The van der Waals surface area contributed by atoms with Crippen LogP contribution >= 0.6 is 11.8 Å². The van der Waals surface area contributed by atoms with E-state index in [0.717, 1.165) is 28.6 Å². The van der Waals surface area contributed by atoms with E-state index in [2.05, 4.69) is 49.9 Å². The molecule has 0 spiro atoms. The molecule has 0 bridgehead atoms. The number of pyridine rings is 1. The minimum Gasteiger partial charge on any atom is -0.338 e. The van der Waals surface area contributed by atoms with Gasteiger partial charge in [-0.05, 0) is 24.6 Å². The van der Waals surface area contributed by atoms with Crippen LogP contribution in [-0.4, -0.2) is 24.7 Å². The minimum absolute atomic E-state index is 0.579. The number of rotatable bonds is 4. The van der Waals surface area contributed by atoms with Crippen LogP contribution in [0.15, 0.2) is 40.0 Å². The SMILES string of the molecule is CCc1noc(CSc2nnc3cc(C)c4ccccc4n23)n1. The summed E-state index contributed by atoms with van der Waals surface area (Å²) in [6.45, 7) is 4.09. The third-order valence-electron chi connectivity index (χ3n) is 3.72. The molecule has 0 saturated carbocycles. The van der Waals surface area contributed by atoms with Gasteiger partial charge in [0.25, 0.3) is 0 Å². The fourth-order valence-corrected chi connectivity index (χ4v) is 3.38. The molecule has 0 unspecified atom stereocenters. The fourth-order valence-electron chi connectivity index (χ4n) is 2.59. The molecule has 0 aliphatic heterocycles. The first-order valence-electron chi connectivity index (χ1n) is 7.44. The summed E-state index contributed by atoms with van der Waals surface area (Å²) in [6, 6.07) is 10.3. The Morgan fingerprint density at radius 1 is 1.22 bits per heavy atom. The van der Waals surface area contributed by atoms with Crippen LogP contribution in [-0.2, 0) is 12.2 Å². The van der Waals surface area contributed by atoms with E-state index in [-0.39, 0.29) is 0 Å². The highest BCUT2D eigenvalue weighted by Gasteiger charge is 2.13. The van der Waals surface area contributed by atoms with Crippen molar-refractivity contribution < 1.29 is 4.52 Å². The van der Waals surface area contributed by atoms with Crippen molar-refractivity contribution in [2.75, 3.05) is 0 Å². The summed E-state index contributed by atoms with van der Waals surface area (Å²) >= 11 is 1.55. The Kier molecular flexibility index (Phi) is 3.49. The Bertz CT molecular complexity index is 991. The number of aromatic nitrogens is 5. The number of fused-ring (bicyclic) bond motifs is 3. The third-order valence-corrected chi connectivity index (χ3v) is 4.64. The van der Waals surface area contributed by atoms with E-state index in [1.807, 2.05) is 19.1 Å². The van der Waals surface area contributed by atoms with Gasteiger partial charge in [0, 0.05) is 11.8 Å². The Labute approximate surface area is 136 Å². The first-order chi connectivity index (χ1) is 11.3. The van der Waals surface area contributed by atoms with Gasteiger partial charge in [-0.1, -0.05) is 42.0 Å². The van der Waals surface area contributed by atoms with Crippen molar-refractivity contribution in [1.29, 1.82) is 0 Å². The van der Waals surface area contributed by atoms with E-state index < -0.39 is 0 Å². The maximum Gasteiger partial charge on any atom is 0.237 e. The summed E-state index contributed by atoms with van der Waals surface area (Å²) in [5.74, 6) is 1.92. The van der Waals surface area contributed by atoms with Crippen molar-refractivity contribution in [1.82, 2.24) is 24.7 Å². The second-order valence-electron chi connectivity index (χ2n) is 5.27. The van der Waals surface area contributed by atoms with Gasteiger partial charge in [0.1, 0.15) is 0 Å². The van der Waals surface area contributed by atoms with Crippen LogP contribution in [0, 0.1) is 6.92 Å². The average Bonchev–Trinajstić information content (AvgIpc) is 3.19. The van der Waals surface area contributed by atoms with Gasteiger partial charge in [-0.3, -0.25) is 4.40 Å². The maximum atomic E-state index is 5.23. The molecule has 1 aromatic carbocycles. The Morgan fingerprint density at radius 3 is 2.91 bits per heavy atom. The molecule has 0 atom stereocenters. The van der Waals surface area contributed by atoms with Gasteiger partial charge >= 0.3 is 0 Å². The lowest BCUT2D eigenvalue weighted by Gasteiger charge is -2.06. The molecular weight excluding hydrogens is 310 g/mol. The predicted octanol–water partition coefficient (Wildman–Crippen LogP) is 3.43. The van der Waals surface area contributed by atoms with E-state index in [1.54, 1.807) is 11.8 Å². The molecule has 0 N–H and O–H groups in total. The molecular formula is C16H15N5OS. The molecule has 6 nitrogen and oxygen atoms in total. The van der Waals surface area contributed by atoms with Crippen molar-refractivity contribution >= 4 is 28.3 Å². The second-order valence-corrected chi connectivity index (χ2v) is 6.21. The highest BCUT2D eigenvalue weighted by atomic mass is 32.2. The quantitative estimate of drug-likeness (QED) is 0.535. The van der Waals surface area contributed by atoms with Gasteiger partial charge < -0.3 is 4.52 Å². The highest BCUT2D eigenvalue weighted by Crippen LogP contribution is 2.27. The summed E-state index contributed by atoms with van der Waals surface area (Å²) < 4.78 is 7.31. The van der Waals surface area contributed by atoms with Crippen LogP contribution < -0.4 is 0 Å². The number of thioether (sulfide) groups is 1. The summed E-state index contributed by atoms with van der Waals surface area (Å²) in [4.78, 5) is 4.33. The third kappa shape index (κ3) is 2.46. The summed E-state index contributed by atoms with van der Waals surface area (Å²) in [5.41, 5.74) is 3.15. The van der Waals surface area contributed by atoms with Crippen molar-refractivity contribution in [3.8, 4) is 0 Å². The van der Waals surface area contributed by atoms with Crippen LogP contribution in [0.5, 0.6) is 0 Å². The molecule has 0 aliphatic carbocycles. The number of hydrogen-bond donors (Lipinski definition) is 0. The van der Waals surface area contributed by atoms with E-state index in [1.165, 1.54) is 10.9 Å². The molecule has 0 fully saturated rings. The first-order valence-corrected chi connectivity index (χ1v) is 8.42. The van der Waals surface area contributed by atoms with Crippen LogP contribution in [0.1, 0.15) is 24.2 Å².